The zero-order valence-corrected chi connectivity index (χ0v) is 32.9. The Labute approximate surface area is 333 Å². The van der Waals surface area contributed by atoms with Crippen molar-refractivity contribution in [1.29, 1.82) is 0 Å². The van der Waals surface area contributed by atoms with Crippen LogP contribution in [0.5, 0.6) is 0 Å². The summed E-state index contributed by atoms with van der Waals surface area (Å²) < 4.78 is 23.0. The zero-order chi connectivity index (χ0) is 40.5. The molecule has 0 bridgehead atoms. The molecule has 0 aromatic heterocycles. The highest BCUT2D eigenvalue weighted by Gasteiger charge is 2.46. The minimum Gasteiger partial charge on any atom is -0.462 e. The number of rotatable bonds is 18. The lowest BCUT2D eigenvalue weighted by Crippen LogP contribution is -2.54. The molecule has 2 fully saturated rings. The average Bonchev–Trinajstić information content (AvgIpc) is 3.41. The van der Waals surface area contributed by atoms with E-state index in [1.54, 1.807) is 18.2 Å². The number of carbonyl (C=O) groups excluding carboxylic acids is 6. The van der Waals surface area contributed by atoms with Gasteiger partial charge in [0.25, 0.3) is 11.8 Å². The topological polar surface area (TPSA) is 199 Å². The van der Waals surface area contributed by atoms with Crippen LogP contribution in [-0.4, -0.2) is 110 Å². The molecule has 5 amide bonds. The van der Waals surface area contributed by atoms with E-state index in [0.717, 1.165) is 17.7 Å². The maximum absolute atomic E-state index is 13.2. The molecule has 15 heteroatoms. The molecule has 15 nitrogen and oxygen atoms in total. The van der Waals surface area contributed by atoms with Crippen molar-refractivity contribution >= 4 is 41.4 Å². The molecule has 8 atom stereocenters. The van der Waals surface area contributed by atoms with Crippen LogP contribution in [0.15, 0.2) is 42.0 Å². The third-order valence-corrected chi connectivity index (χ3v) is 11.5. The second-order valence-electron chi connectivity index (χ2n) is 15.8. The highest BCUT2D eigenvalue weighted by atomic mass is 16.6. The van der Waals surface area contributed by atoms with Gasteiger partial charge in [-0.1, -0.05) is 38.1 Å². The molecule has 310 valence electrons. The van der Waals surface area contributed by atoms with Crippen LogP contribution in [0.25, 0.3) is 0 Å². The first-order chi connectivity index (χ1) is 27.5. The van der Waals surface area contributed by atoms with Gasteiger partial charge in [-0.25, -0.2) is 4.79 Å². The number of nitrogens with zero attached hydrogens (tertiary/aromatic N) is 1. The number of anilines is 1. The highest BCUT2D eigenvalue weighted by Crippen LogP contribution is 2.45. The predicted octanol–water partition coefficient (Wildman–Crippen LogP) is 4.05. The molecule has 6 rings (SSSR count). The molecule has 2 aliphatic carbocycles. The number of hydrogen-bond donors (Lipinski definition) is 4. The van der Waals surface area contributed by atoms with Crippen LogP contribution in [0, 0.1) is 23.7 Å². The number of carbonyl (C=O) groups is 6. The minimum absolute atomic E-state index is 0.0508. The Morgan fingerprint density at radius 2 is 1.72 bits per heavy atom. The molecule has 57 heavy (non-hydrogen) atoms. The lowest BCUT2D eigenvalue weighted by Gasteiger charge is -2.43. The van der Waals surface area contributed by atoms with Crippen molar-refractivity contribution < 1.29 is 52.8 Å². The van der Waals surface area contributed by atoms with E-state index >= 15 is 0 Å². The Morgan fingerprint density at radius 1 is 0.965 bits per heavy atom. The van der Waals surface area contributed by atoms with Crippen molar-refractivity contribution in [2.75, 3.05) is 44.8 Å². The van der Waals surface area contributed by atoms with Gasteiger partial charge in [0.1, 0.15) is 18.2 Å². The monoisotopic (exact) mass is 792 g/mol. The van der Waals surface area contributed by atoms with Crippen LogP contribution in [0.1, 0.15) is 98.8 Å². The number of benzene rings is 1. The molecule has 1 aromatic rings. The Morgan fingerprint density at radius 3 is 2.47 bits per heavy atom. The fraction of sp³-hybridized carbons (Fsp3) is 0.619. The number of esters is 1. The molecule has 3 heterocycles. The third-order valence-electron chi connectivity index (χ3n) is 11.5. The minimum atomic E-state index is -1.01. The van der Waals surface area contributed by atoms with Crippen LogP contribution < -0.4 is 16.0 Å². The normalized spacial score (nSPS) is 28.3. The van der Waals surface area contributed by atoms with Gasteiger partial charge >= 0.3 is 12.1 Å². The number of ether oxygens (including phenoxy) is 4. The number of hydrogen-bond acceptors (Lipinski definition) is 12. The molecule has 3 aliphatic heterocycles. The Hall–Kier alpha value is -4.60. The summed E-state index contributed by atoms with van der Waals surface area (Å²) >= 11 is 0. The number of aliphatic hydroxyl groups is 1. The van der Waals surface area contributed by atoms with Crippen LogP contribution in [0.4, 0.5) is 10.5 Å². The van der Waals surface area contributed by atoms with Crippen molar-refractivity contribution in [3.8, 4) is 0 Å². The Bertz CT molecular complexity index is 1730. The molecule has 1 unspecified atom stereocenters. The van der Waals surface area contributed by atoms with Gasteiger partial charge in [0, 0.05) is 64.0 Å². The van der Waals surface area contributed by atoms with Crippen LogP contribution in [0.3, 0.4) is 0 Å². The van der Waals surface area contributed by atoms with E-state index in [1.165, 1.54) is 5.57 Å². The van der Waals surface area contributed by atoms with Crippen molar-refractivity contribution in [3.63, 3.8) is 0 Å². The smallest absolute Gasteiger partial charge is 0.407 e. The van der Waals surface area contributed by atoms with E-state index in [1.807, 2.05) is 0 Å². The second kappa shape index (κ2) is 19.7. The SMILES string of the molecule is C[C@H]1C=C2C=C[C@H](C)[C@H](CC[C@@H]3C[C@@H](O)CC(=O)O3)[C@H]2[C@@H](OC(=O)NCCCOCCCOCCCNc2cccc3c2C(=O)N(C2CCC(=O)NC2=O)C3=O)C1. The number of cyclic esters (lactones) is 1. The van der Waals surface area contributed by atoms with Gasteiger partial charge < -0.3 is 34.7 Å². The van der Waals surface area contributed by atoms with E-state index in [4.69, 9.17) is 18.9 Å². The number of amides is 5. The van der Waals surface area contributed by atoms with Crippen LogP contribution >= 0.6 is 0 Å². The van der Waals surface area contributed by atoms with Crippen molar-refractivity contribution in [2.24, 2.45) is 23.7 Å². The lowest BCUT2D eigenvalue weighted by atomic mass is 9.65. The third kappa shape index (κ3) is 10.7. The largest absolute Gasteiger partial charge is 0.462 e. The summed E-state index contributed by atoms with van der Waals surface area (Å²) in [6.07, 6.45) is 9.86. The number of alkyl carbamates (subject to hydrolysis) is 1. The summed E-state index contributed by atoms with van der Waals surface area (Å²) in [7, 11) is 0. The van der Waals surface area contributed by atoms with E-state index in [-0.39, 0.29) is 72.2 Å². The van der Waals surface area contributed by atoms with Crippen molar-refractivity contribution in [3.05, 3.63) is 53.1 Å². The molecule has 0 saturated carbocycles. The van der Waals surface area contributed by atoms with Crippen molar-refractivity contribution in [2.45, 2.75) is 102 Å². The summed E-state index contributed by atoms with van der Waals surface area (Å²) in [6.45, 7) is 7.23. The Kier molecular flexibility index (Phi) is 14.5. The predicted molar refractivity (Wildman–Crippen MR) is 207 cm³/mol. The summed E-state index contributed by atoms with van der Waals surface area (Å²) in [6, 6.07) is 3.96. The van der Waals surface area contributed by atoms with Gasteiger partial charge in [0.05, 0.1) is 23.7 Å². The van der Waals surface area contributed by atoms with Crippen molar-refractivity contribution in [1.82, 2.24) is 15.5 Å². The Balaban J connectivity index is 0.823. The summed E-state index contributed by atoms with van der Waals surface area (Å²) in [4.78, 5) is 75.9. The molecule has 5 aliphatic rings. The van der Waals surface area contributed by atoms with Crippen LogP contribution in [0.2, 0.25) is 0 Å². The first kappa shape index (κ1) is 42.0. The number of nitrogens with one attached hydrogen (secondary N) is 3. The van der Waals surface area contributed by atoms with Gasteiger partial charge in [-0.2, -0.15) is 0 Å². The maximum atomic E-state index is 13.2. The van der Waals surface area contributed by atoms with Crippen LogP contribution in [-0.2, 0) is 33.3 Å². The van der Waals surface area contributed by atoms with E-state index in [2.05, 4.69) is 48.0 Å². The highest BCUT2D eigenvalue weighted by molar-refractivity contribution is 6.25. The molecule has 0 spiro atoms. The molecule has 1 aromatic carbocycles. The fourth-order valence-corrected chi connectivity index (χ4v) is 8.71. The molecule has 0 radical (unpaired) electrons. The quantitative estimate of drug-likeness (QED) is 0.0947. The summed E-state index contributed by atoms with van der Waals surface area (Å²) in [5, 5.41) is 18.4. The molecule has 2 saturated heterocycles. The second-order valence-corrected chi connectivity index (χ2v) is 15.8. The van der Waals surface area contributed by atoms with Gasteiger partial charge in [0.15, 0.2) is 0 Å². The summed E-state index contributed by atoms with van der Waals surface area (Å²) in [5.74, 6) is -1.68. The summed E-state index contributed by atoms with van der Waals surface area (Å²) in [5.41, 5.74) is 2.16. The number of imide groups is 2. The van der Waals surface area contributed by atoms with Gasteiger partial charge in [-0.15, -0.1) is 0 Å². The van der Waals surface area contributed by atoms with Gasteiger partial charge in [-0.3, -0.25) is 34.2 Å². The molecular weight excluding hydrogens is 736 g/mol. The molecule has 4 N–H and O–H groups in total. The maximum Gasteiger partial charge on any atom is 0.407 e. The fourth-order valence-electron chi connectivity index (χ4n) is 8.71. The lowest BCUT2D eigenvalue weighted by molar-refractivity contribution is -0.160. The van der Waals surface area contributed by atoms with E-state index < -0.39 is 41.9 Å². The molecular formula is C42H56N4O11. The zero-order valence-electron chi connectivity index (χ0n) is 32.9. The average molecular weight is 793 g/mol. The number of aliphatic hydroxyl groups excluding tert-OH is 1. The first-order valence-corrected chi connectivity index (χ1v) is 20.5. The van der Waals surface area contributed by atoms with E-state index in [9.17, 15) is 33.9 Å². The van der Waals surface area contributed by atoms with Gasteiger partial charge in [0.2, 0.25) is 11.8 Å². The number of allylic oxidation sites excluding steroid dienone is 3. The van der Waals surface area contributed by atoms with Gasteiger partial charge in [-0.05, 0) is 80.4 Å². The first-order valence-electron chi connectivity index (χ1n) is 20.5. The van der Waals surface area contributed by atoms with E-state index in [0.29, 0.717) is 77.3 Å². The number of fused-ring (bicyclic) bond motifs is 2. The standard InChI is InChI=1S/C42H56N4O11/c1-25-21-27-10-9-26(2)30(12-11-29-23-28(47)24-36(49)56-29)37(27)34(22-25)57-42(53)44-16-5-18-55-20-6-19-54-17-4-15-43-32-8-3-7-31-38(32)41(52)46(40(31)51)33-13-14-35(48)45-39(33)50/h3,7-10,21,25-26,28-30,33-34,37,43,47H,4-6,11-20,22-24H2,1-2H3,(H,44,53)(H,45,48,50)/t25-,26-,28+,29+,30-,33?,34-,37-/m0/s1. The number of piperidine rings is 1.